The Morgan fingerprint density at radius 2 is 1.70 bits per heavy atom. The maximum absolute atomic E-state index is 9.72. The normalized spacial score (nSPS) is 11.3. The summed E-state index contributed by atoms with van der Waals surface area (Å²) in [6.45, 7) is 0. The molecule has 0 aliphatic carbocycles. The largest absolute Gasteiger partial charge is 0.481 e. The van der Waals surface area contributed by atoms with E-state index in [1.807, 2.05) is 0 Å². The number of aliphatic hydroxyl groups is 1. The number of aliphatic carboxylic acids is 2. The van der Waals surface area contributed by atoms with Crippen LogP contribution in [0.25, 0.3) is 0 Å². The molecule has 0 aromatic carbocycles. The third-order valence-corrected chi connectivity index (χ3v) is 0.653. The van der Waals surface area contributed by atoms with Crippen molar-refractivity contribution in [1.82, 2.24) is 0 Å². The summed E-state index contributed by atoms with van der Waals surface area (Å²) >= 11 is 0. The van der Waals surface area contributed by atoms with Crippen molar-refractivity contribution in [3.63, 3.8) is 0 Å². The zero-order valence-corrected chi connectivity index (χ0v) is 7.80. The maximum atomic E-state index is 9.72. The Kier molecular flexibility index (Phi) is 6.79. The summed E-state index contributed by atoms with van der Waals surface area (Å²) in [6.07, 6.45) is -2.54. The van der Waals surface area contributed by atoms with E-state index in [-0.39, 0.29) is 23.9 Å². The number of carboxylic acid groups (broad SMARTS) is 2. The van der Waals surface area contributed by atoms with E-state index in [2.05, 4.69) is 0 Å². The molecule has 4 radical (unpaired) electrons. The fourth-order valence-electron chi connectivity index (χ4n) is 0.253. The molecule has 0 spiro atoms. The molecule has 0 fully saturated rings. The summed E-state index contributed by atoms with van der Waals surface area (Å²) in [6, 6.07) is 0. The van der Waals surface area contributed by atoms with E-state index in [0.29, 0.717) is 0 Å². The Labute approximate surface area is 73.6 Å². The van der Waals surface area contributed by atoms with Crippen LogP contribution in [0.3, 0.4) is 0 Å². The Morgan fingerprint density at radius 3 is 1.80 bits per heavy atom. The van der Waals surface area contributed by atoms with Crippen molar-refractivity contribution in [2.75, 3.05) is 0 Å². The second-order valence-electron chi connectivity index (χ2n) is 1.45. The summed E-state index contributed by atoms with van der Waals surface area (Å²) < 4.78 is 0. The van der Waals surface area contributed by atoms with Gasteiger partial charge >= 0.3 is 11.9 Å². The topological polar surface area (TPSA) is 94.8 Å². The second-order valence-corrected chi connectivity index (χ2v) is 1.45. The molecular formula is C4H6O5Sn. The molecule has 0 aliphatic heterocycles. The van der Waals surface area contributed by atoms with Gasteiger partial charge in [0.25, 0.3) is 0 Å². The van der Waals surface area contributed by atoms with E-state index >= 15 is 0 Å². The quantitative estimate of drug-likeness (QED) is 0.533. The van der Waals surface area contributed by atoms with E-state index in [0.717, 1.165) is 0 Å². The van der Waals surface area contributed by atoms with Crippen molar-refractivity contribution < 1.29 is 24.9 Å². The van der Waals surface area contributed by atoms with Gasteiger partial charge in [-0.1, -0.05) is 0 Å². The first kappa shape index (κ1) is 12.4. The van der Waals surface area contributed by atoms with Gasteiger partial charge in [0.05, 0.1) is 6.42 Å². The van der Waals surface area contributed by atoms with Crippen molar-refractivity contribution in [2.24, 2.45) is 0 Å². The van der Waals surface area contributed by atoms with E-state index in [1.54, 1.807) is 0 Å². The van der Waals surface area contributed by atoms with Crippen LogP contribution in [0, 0.1) is 0 Å². The first-order valence-corrected chi connectivity index (χ1v) is 2.16. The first-order chi connectivity index (χ1) is 4.04. The molecule has 10 heavy (non-hydrogen) atoms. The minimum absolute atomic E-state index is 0. The average molecular weight is 253 g/mol. The molecule has 1 atom stereocenters. The number of hydrogen-bond acceptors (Lipinski definition) is 3. The molecule has 56 valence electrons. The fraction of sp³-hybridized carbons (Fsp3) is 0.500. The Hall–Kier alpha value is -0.301. The van der Waals surface area contributed by atoms with Gasteiger partial charge in [0.15, 0.2) is 6.10 Å². The van der Waals surface area contributed by atoms with Gasteiger partial charge in [0.1, 0.15) is 0 Å². The number of rotatable bonds is 3. The van der Waals surface area contributed by atoms with Gasteiger partial charge in [-0.2, -0.15) is 0 Å². The molecule has 6 heteroatoms. The number of carbonyl (C=O) groups is 2. The van der Waals surface area contributed by atoms with Crippen LogP contribution in [-0.4, -0.2) is 57.3 Å². The average Bonchev–Trinajstić information content (AvgIpc) is 1.63. The third-order valence-electron chi connectivity index (χ3n) is 0.653. The van der Waals surface area contributed by atoms with Gasteiger partial charge in [-0.3, -0.25) is 4.79 Å². The zero-order chi connectivity index (χ0) is 7.44. The molecule has 0 aromatic heterocycles. The Balaban J connectivity index is 0. The number of carboxylic acids is 2. The van der Waals surface area contributed by atoms with Crippen molar-refractivity contribution in [3.05, 3.63) is 0 Å². The summed E-state index contributed by atoms with van der Waals surface area (Å²) in [5.41, 5.74) is 0. The van der Waals surface area contributed by atoms with Gasteiger partial charge in [-0.25, -0.2) is 4.79 Å². The van der Waals surface area contributed by atoms with E-state index in [1.165, 1.54) is 0 Å². The summed E-state index contributed by atoms with van der Waals surface area (Å²) in [5, 5.41) is 24.1. The van der Waals surface area contributed by atoms with Gasteiger partial charge in [0, 0.05) is 23.9 Å². The van der Waals surface area contributed by atoms with E-state index in [4.69, 9.17) is 15.3 Å². The van der Waals surface area contributed by atoms with Crippen molar-refractivity contribution in [1.29, 1.82) is 0 Å². The van der Waals surface area contributed by atoms with Crippen molar-refractivity contribution in [3.8, 4) is 0 Å². The monoisotopic (exact) mass is 254 g/mol. The van der Waals surface area contributed by atoms with E-state index in [9.17, 15) is 9.59 Å². The molecule has 5 nitrogen and oxygen atoms in total. The van der Waals surface area contributed by atoms with Crippen molar-refractivity contribution >= 4 is 35.8 Å². The van der Waals surface area contributed by atoms with Crippen LogP contribution in [0.2, 0.25) is 0 Å². The van der Waals surface area contributed by atoms with Crippen LogP contribution >= 0.6 is 0 Å². The smallest absolute Gasteiger partial charge is 0.333 e. The molecule has 0 amide bonds. The zero-order valence-electron chi connectivity index (χ0n) is 4.94. The molecular weight excluding hydrogens is 247 g/mol. The fourth-order valence-corrected chi connectivity index (χ4v) is 0.253. The van der Waals surface area contributed by atoms with Crippen LogP contribution in [0.15, 0.2) is 0 Å². The van der Waals surface area contributed by atoms with Gasteiger partial charge in [-0.05, 0) is 0 Å². The van der Waals surface area contributed by atoms with Crippen LogP contribution in [0.5, 0.6) is 0 Å². The maximum Gasteiger partial charge on any atom is 0.333 e. The Bertz CT molecular complexity index is 134. The summed E-state index contributed by atoms with van der Waals surface area (Å²) in [4.78, 5) is 19.4. The van der Waals surface area contributed by atoms with Crippen molar-refractivity contribution in [2.45, 2.75) is 12.5 Å². The molecule has 0 aromatic rings. The summed E-state index contributed by atoms with van der Waals surface area (Å²) in [5.74, 6) is -2.85. The molecule has 0 bridgehead atoms. The Morgan fingerprint density at radius 1 is 1.30 bits per heavy atom. The molecule has 0 rings (SSSR count). The van der Waals surface area contributed by atoms with Gasteiger partial charge in [0.2, 0.25) is 0 Å². The van der Waals surface area contributed by atoms with Crippen LogP contribution in [0.1, 0.15) is 6.42 Å². The molecule has 0 saturated carbocycles. The predicted octanol–water partition coefficient (Wildman–Crippen LogP) is -1.47. The SMILES string of the molecule is O=C(O)CC(O)C(=O)O.[Sn]. The number of hydrogen-bond donors (Lipinski definition) is 3. The van der Waals surface area contributed by atoms with Crippen LogP contribution in [0.4, 0.5) is 0 Å². The predicted molar refractivity (Wildman–Crippen MR) is 31.6 cm³/mol. The van der Waals surface area contributed by atoms with Crippen LogP contribution in [-0.2, 0) is 9.59 Å². The molecule has 1 unspecified atom stereocenters. The first-order valence-electron chi connectivity index (χ1n) is 2.16. The minimum atomic E-state index is -1.79. The van der Waals surface area contributed by atoms with Gasteiger partial charge < -0.3 is 15.3 Å². The molecule has 0 aliphatic rings. The van der Waals surface area contributed by atoms with Gasteiger partial charge in [-0.15, -0.1) is 0 Å². The third kappa shape index (κ3) is 5.83. The van der Waals surface area contributed by atoms with Crippen LogP contribution < -0.4 is 0 Å². The molecule has 0 heterocycles. The minimum Gasteiger partial charge on any atom is -0.481 e. The summed E-state index contributed by atoms with van der Waals surface area (Å²) in [7, 11) is 0. The number of aliphatic hydroxyl groups excluding tert-OH is 1. The standard InChI is InChI=1S/C4H6O5.Sn/c5-2(4(8)9)1-3(6)7;/h2,5H,1H2,(H,6,7)(H,8,9);. The second kappa shape index (κ2) is 5.48. The molecule has 0 saturated heterocycles. The van der Waals surface area contributed by atoms with E-state index < -0.39 is 24.5 Å². The molecule has 3 N–H and O–H groups in total.